The Balaban J connectivity index is 1.68. The lowest BCUT2D eigenvalue weighted by Crippen LogP contribution is -3.12. The van der Waals surface area contributed by atoms with Crippen molar-refractivity contribution in [2.45, 2.75) is 58.0 Å². The van der Waals surface area contributed by atoms with Crippen LogP contribution in [0.5, 0.6) is 11.5 Å². The fourth-order valence-corrected chi connectivity index (χ4v) is 4.69. The summed E-state index contributed by atoms with van der Waals surface area (Å²) >= 11 is 0. The number of fused-ring (bicyclic) bond motifs is 2. The zero-order valence-corrected chi connectivity index (χ0v) is 18.3. The molecule has 9 nitrogen and oxygen atoms in total. The van der Waals surface area contributed by atoms with Gasteiger partial charge in [0.25, 0.3) is 5.56 Å². The van der Waals surface area contributed by atoms with Crippen LogP contribution >= 0.6 is 0 Å². The van der Waals surface area contributed by atoms with E-state index in [1.807, 2.05) is 22.9 Å². The van der Waals surface area contributed by atoms with E-state index in [9.17, 15) is 4.79 Å². The molecule has 2 aliphatic heterocycles. The van der Waals surface area contributed by atoms with Gasteiger partial charge in [0.2, 0.25) is 12.6 Å². The minimum absolute atomic E-state index is 0.114. The second-order valence-corrected chi connectivity index (χ2v) is 9.47. The normalized spacial score (nSPS) is 18.3. The number of pyridine rings is 1. The zero-order valence-electron chi connectivity index (χ0n) is 18.3. The Morgan fingerprint density at radius 2 is 1.77 bits per heavy atom. The number of aromatic nitrogens is 5. The highest BCUT2D eigenvalue weighted by Gasteiger charge is 2.36. The number of H-pyrrole nitrogens is 1. The zero-order chi connectivity index (χ0) is 21.6. The average molecular weight is 426 g/mol. The molecule has 2 aliphatic rings. The number of aromatic amines is 1. The smallest absolute Gasteiger partial charge is 0.258 e. The molecule has 0 spiro atoms. The standard InChI is InChI=1S/C22H28N6O3/c1-22(2,3)28-20(24-25-26-28)19(27-8-6-4-5-7-9-27)15-10-14-11-17-18(31-13-30-17)12-16(14)23-21(15)29/h10-12,19H,4-9,13H2,1-3H3,(H,23,29)/p+1/t19-/m1/s1. The number of ether oxygens (including phenoxy) is 2. The molecule has 0 unspecified atom stereocenters. The van der Waals surface area contributed by atoms with E-state index in [2.05, 4.69) is 41.3 Å². The quantitative estimate of drug-likeness (QED) is 0.661. The van der Waals surface area contributed by atoms with E-state index in [-0.39, 0.29) is 23.9 Å². The van der Waals surface area contributed by atoms with E-state index in [1.165, 1.54) is 17.7 Å². The molecule has 0 radical (unpaired) electrons. The monoisotopic (exact) mass is 425 g/mol. The minimum Gasteiger partial charge on any atom is -0.454 e. The molecule has 2 aromatic heterocycles. The number of hydrogen-bond acceptors (Lipinski definition) is 6. The van der Waals surface area contributed by atoms with Gasteiger partial charge in [-0.05, 0) is 69.0 Å². The van der Waals surface area contributed by atoms with Gasteiger partial charge >= 0.3 is 0 Å². The molecule has 164 valence electrons. The summed E-state index contributed by atoms with van der Waals surface area (Å²) in [6.45, 7) is 8.40. The first-order valence-electron chi connectivity index (χ1n) is 11.0. The van der Waals surface area contributed by atoms with Crippen LogP contribution in [0.4, 0.5) is 0 Å². The van der Waals surface area contributed by atoms with E-state index in [0.29, 0.717) is 17.1 Å². The molecule has 0 saturated carbocycles. The van der Waals surface area contributed by atoms with E-state index in [1.54, 1.807) is 0 Å². The van der Waals surface area contributed by atoms with Crippen LogP contribution in [0.3, 0.4) is 0 Å². The summed E-state index contributed by atoms with van der Waals surface area (Å²) < 4.78 is 12.9. The van der Waals surface area contributed by atoms with Gasteiger partial charge in [0.15, 0.2) is 17.5 Å². The maximum Gasteiger partial charge on any atom is 0.258 e. The molecule has 1 saturated heterocycles. The Hall–Kier alpha value is -2.94. The summed E-state index contributed by atoms with van der Waals surface area (Å²) in [5.41, 5.74) is 1.01. The predicted molar refractivity (Wildman–Crippen MR) is 115 cm³/mol. The van der Waals surface area contributed by atoms with Gasteiger partial charge in [-0.15, -0.1) is 5.10 Å². The SMILES string of the molecule is CC(C)(C)n1nnnc1[C@@H](c1cc2cc3c(cc2[nH]c1=O)OCO3)[NH+]1CCCCCC1. The molecule has 0 amide bonds. The van der Waals surface area contributed by atoms with Crippen LogP contribution in [0.15, 0.2) is 23.0 Å². The topological polar surface area (TPSA) is 99.4 Å². The predicted octanol–water partition coefficient (Wildman–Crippen LogP) is 1.55. The molecule has 0 bridgehead atoms. The van der Waals surface area contributed by atoms with Crippen LogP contribution in [0.2, 0.25) is 0 Å². The maximum absolute atomic E-state index is 13.3. The highest BCUT2D eigenvalue weighted by molar-refractivity contribution is 5.83. The highest BCUT2D eigenvalue weighted by atomic mass is 16.7. The van der Waals surface area contributed by atoms with Gasteiger partial charge in [-0.3, -0.25) is 4.79 Å². The Bertz CT molecular complexity index is 1150. The van der Waals surface area contributed by atoms with Gasteiger partial charge in [0, 0.05) is 11.5 Å². The molecular formula is C22H29N6O3+. The third-order valence-corrected chi connectivity index (χ3v) is 6.22. The van der Waals surface area contributed by atoms with Crippen molar-refractivity contribution in [2.75, 3.05) is 19.9 Å². The molecule has 1 fully saturated rings. The van der Waals surface area contributed by atoms with E-state index >= 15 is 0 Å². The third kappa shape index (κ3) is 3.67. The van der Waals surface area contributed by atoms with Crippen LogP contribution in [-0.2, 0) is 5.54 Å². The number of quaternary nitrogens is 1. The number of hydrogen-bond donors (Lipinski definition) is 2. The summed E-state index contributed by atoms with van der Waals surface area (Å²) in [6, 6.07) is 5.49. The van der Waals surface area contributed by atoms with Crippen molar-refractivity contribution in [3.8, 4) is 11.5 Å². The number of likely N-dealkylation sites (tertiary alicyclic amines) is 1. The Labute approximate surface area is 180 Å². The Kier molecular flexibility index (Phi) is 4.92. The van der Waals surface area contributed by atoms with Gasteiger partial charge in [-0.2, -0.15) is 0 Å². The van der Waals surface area contributed by atoms with Gasteiger partial charge in [-0.25, -0.2) is 4.68 Å². The molecule has 9 heteroatoms. The van der Waals surface area contributed by atoms with Crippen molar-refractivity contribution < 1.29 is 14.4 Å². The summed E-state index contributed by atoms with van der Waals surface area (Å²) in [6.07, 6.45) is 4.70. The second-order valence-electron chi connectivity index (χ2n) is 9.47. The molecule has 2 N–H and O–H groups in total. The molecule has 3 aromatic rings. The number of benzene rings is 1. The lowest BCUT2D eigenvalue weighted by molar-refractivity contribution is -0.925. The van der Waals surface area contributed by atoms with Crippen LogP contribution in [0.1, 0.15) is 63.9 Å². The molecular weight excluding hydrogens is 396 g/mol. The fourth-order valence-electron chi connectivity index (χ4n) is 4.69. The van der Waals surface area contributed by atoms with E-state index in [0.717, 1.165) is 42.7 Å². The van der Waals surface area contributed by atoms with Crippen molar-refractivity contribution in [2.24, 2.45) is 0 Å². The minimum atomic E-state index is -0.294. The van der Waals surface area contributed by atoms with Crippen LogP contribution in [0.25, 0.3) is 10.9 Å². The maximum atomic E-state index is 13.3. The van der Waals surface area contributed by atoms with Crippen molar-refractivity contribution >= 4 is 10.9 Å². The van der Waals surface area contributed by atoms with Gasteiger partial charge < -0.3 is 19.4 Å². The molecule has 4 heterocycles. The first-order chi connectivity index (χ1) is 14.9. The van der Waals surface area contributed by atoms with Crippen LogP contribution in [0, 0.1) is 0 Å². The number of nitrogens with zero attached hydrogens (tertiary/aromatic N) is 4. The van der Waals surface area contributed by atoms with Gasteiger partial charge in [0.1, 0.15) is 0 Å². The molecule has 1 aromatic carbocycles. The van der Waals surface area contributed by atoms with Crippen molar-refractivity contribution in [3.63, 3.8) is 0 Å². The van der Waals surface area contributed by atoms with Gasteiger partial charge in [0.05, 0.1) is 29.7 Å². The van der Waals surface area contributed by atoms with Gasteiger partial charge in [-0.1, -0.05) is 0 Å². The largest absolute Gasteiger partial charge is 0.454 e. The summed E-state index contributed by atoms with van der Waals surface area (Å²) in [5, 5.41) is 13.6. The number of nitrogens with one attached hydrogen (secondary N) is 2. The fraction of sp³-hybridized carbons (Fsp3) is 0.545. The third-order valence-electron chi connectivity index (χ3n) is 6.22. The van der Waals surface area contributed by atoms with E-state index < -0.39 is 0 Å². The second kappa shape index (κ2) is 7.64. The van der Waals surface area contributed by atoms with Crippen LogP contribution in [-0.4, -0.2) is 45.1 Å². The summed E-state index contributed by atoms with van der Waals surface area (Å²) in [7, 11) is 0. The highest BCUT2D eigenvalue weighted by Crippen LogP contribution is 2.35. The lowest BCUT2D eigenvalue weighted by Gasteiger charge is -2.29. The molecule has 0 aliphatic carbocycles. The van der Waals surface area contributed by atoms with Crippen molar-refractivity contribution in [1.82, 2.24) is 25.2 Å². The van der Waals surface area contributed by atoms with E-state index in [4.69, 9.17) is 9.47 Å². The summed E-state index contributed by atoms with van der Waals surface area (Å²) in [4.78, 5) is 17.7. The number of rotatable bonds is 3. The number of tetrazole rings is 1. The Morgan fingerprint density at radius 1 is 1.06 bits per heavy atom. The lowest BCUT2D eigenvalue weighted by atomic mass is 10.0. The van der Waals surface area contributed by atoms with Crippen molar-refractivity contribution in [3.05, 3.63) is 39.9 Å². The van der Waals surface area contributed by atoms with Crippen molar-refractivity contribution in [1.29, 1.82) is 0 Å². The van der Waals surface area contributed by atoms with Crippen LogP contribution < -0.4 is 19.9 Å². The molecule has 5 rings (SSSR count). The Morgan fingerprint density at radius 3 is 2.48 bits per heavy atom. The average Bonchev–Trinajstić information content (AvgIpc) is 3.30. The molecule has 31 heavy (non-hydrogen) atoms. The molecule has 1 atom stereocenters. The first kappa shape index (κ1) is 20.0. The summed E-state index contributed by atoms with van der Waals surface area (Å²) in [5.74, 6) is 2.08. The first-order valence-corrected chi connectivity index (χ1v) is 11.0.